The lowest BCUT2D eigenvalue weighted by Crippen LogP contribution is -2.40. The molecule has 11 nitrogen and oxygen atoms in total. The highest BCUT2D eigenvalue weighted by molar-refractivity contribution is 8.00. The lowest BCUT2D eigenvalue weighted by Gasteiger charge is -2.26. The largest absolute Gasteiger partial charge is 0.411 e. The molecule has 0 unspecified atom stereocenters. The van der Waals surface area contributed by atoms with E-state index in [-0.39, 0.29) is 21.9 Å². The molecule has 1 aliphatic rings. The summed E-state index contributed by atoms with van der Waals surface area (Å²) in [4.78, 5) is 12.5. The first-order chi connectivity index (χ1) is 15.3. The van der Waals surface area contributed by atoms with E-state index in [4.69, 9.17) is 13.7 Å². The van der Waals surface area contributed by atoms with E-state index in [9.17, 15) is 13.2 Å². The van der Waals surface area contributed by atoms with Crippen LogP contribution in [-0.4, -0.2) is 65.5 Å². The summed E-state index contributed by atoms with van der Waals surface area (Å²) in [6.45, 7) is 4.76. The monoisotopic (exact) mass is 479 g/mol. The van der Waals surface area contributed by atoms with E-state index in [2.05, 4.69) is 20.7 Å². The molecule has 0 spiro atoms. The number of nitrogens with zero attached hydrogens (tertiary/aromatic N) is 4. The van der Waals surface area contributed by atoms with E-state index < -0.39 is 15.3 Å². The summed E-state index contributed by atoms with van der Waals surface area (Å²) in [6, 6.07) is 7.94. The molecule has 3 heterocycles. The highest BCUT2D eigenvalue weighted by Crippen LogP contribution is 2.28. The molecule has 13 heteroatoms. The topological polar surface area (TPSA) is 141 Å². The Labute approximate surface area is 188 Å². The van der Waals surface area contributed by atoms with Crippen LogP contribution in [-0.2, 0) is 19.6 Å². The van der Waals surface area contributed by atoms with Crippen molar-refractivity contribution in [2.75, 3.05) is 31.6 Å². The first-order valence-corrected chi connectivity index (χ1v) is 12.1. The third kappa shape index (κ3) is 5.01. The number of hydrogen-bond acceptors (Lipinski definition) is 10. The fourth-order valence-electron chi connectivity index (χ4n) is 2.96. The molecule has 0 bridgehead atoms. The van der Waals surface area contributed by atoms with Gasteiger partial charge in [-0.15, -0.1) is 10.2 Å². The maximum Gasteiger partial charge on any atom is 0.277 e. The van der Waals surface area contributed by atoms with Crippen molar-refractivity contribution in [2.45, 2.75) is 29.2 Å². The third-order valence-corrected chi connectivity index (χ3v) is 7.45. The molecule has 0 aliphatic carbocycles. The predicted octanol–water partition coefficient (Wildman–Crippen LogP) is 2.17. The van der Waals surface area contributed by atoms with Gasteiger partial charge in [0.1, 0.15) is 5.76 Å². The lowest BCUT2D eigenvalue weighted by atomic mass is 10.2. The normalized spacial score (nSPS) is 16.1. The van der Waals surface area contributed by atoms with Crippen LogP contribution in [0.5, 0.6) is 0 Å². The number of aromatic nitrogens is 3. The second-order valence-electron chi connectivity index (χ2n) is 6.99. The Balaban J connectivity index is 1.45. The Kier molecular flexibility index (Phi) is 6.60. The van der Waals surface area contributed by atoms with Crippen molar-refractivity contribution in [2.24, 2.45) is 0 Å². The van der Waals surface area contributed by atoms with Crippen molar-refractivity contribution >= 4 is 33.5 Å². The van der Waals surface area contributed by atoms with Crippen LogP contribution < -0.4 is 5.32 Å². The maximum absolute atomic E-state index is 12.9. The van der Waals surface area contributed by atoms with Crippen LogP contribution in [0.2, 0.25) is 0 Å². The molecule has 0 saturated carbocycles. The summed E-state index contributed by atoms with van der Waals surface area (Å²) in [5.41, 5.74) is 0.467. The van der Waals surface area contributed by atoms with Crippen molar-refractivity contribution in [3.63, 3.8) is 0 Å². The van der Waals surface area contributed by atoms with Gasteiger partial charge < -0.3 is 19.0 Å². The van der Waals surface area contributed by atoms with Gasteiger partial charge in [0.05, 0.1) is 23.4 Å². The summed E-state index contributed by atoms with van der Waals surface area (Å²) in [5.74, 6) is 0.761. The highest BCUT2D eigenvalue weighted by Gasteiger charge is 2.27. The predicted molar refractivity (Wildman–Crippen MR) is 115 cm³/mol. The van der Waals surface area contributed by atoms with Gasteiger partial charge >= 0.3 is 0 Å². The van der Waals surface area contributed by atoms with Crippen LogP contribution in [0.1, 0.15) is 12.7 Å². The van der Waals surface area contributed by atoms with Crippen molar-refractivity contribution in [1.82, 2.24) is 19.7 Å². The number of nitrogens with one attached hydrogen (secondary N) is 1. The van der Waals surface area contributed by atoms with Gasteiger partial charge in [0.25, 0.3) is 5.22 Å². The smallest absolute Gasteiger partial charge is 0.277 e. The number of carbonyl (C=O) groups is 1. The Morgan fingerprint density at radius 2 is 2.00 bits per heavy atom. The second-order valence-corrected chi connectivity index (χ2v) is 10.2. The standard InChI is InChI=1S/C19H21N5O6S2/c1-12-10-16(23-30-12)20-17(25)13(2)31-19-22-21-18(29-19)14-4-3-5-15(11-14)32(26,27)24-6-8-28-9-7-24/h3-5,10-11,13H,6-9H2,1-2H3,(H,20,23,25)/t13-/m1/s1. The number of benzene rings is 1. The fraction of sp³-hybridized carbons (Fsp3) is 0.368. The molecule has 1 saturated heterocycles. The first kappa shape index (κ1) is 22.5. The van der Waals surface area contributed by atoms with Crippen LogP contribution in [0, 0.1) is 6.92 Å². The molecule has 32 heavy (non-hydrogen) atoms. The zero-order chi connectivity index (χ0) is 22.7. The number of morpholine rings is 1. The first-order valence-electron chi connectivity index (χ1n) is 9.75. The van der Waals surface area contributed by atoms with Crippen LogP contribution in [0.15, 0.2) is 49.4 Å². The van der Waals surface area contributed by atoms with E-state index in [1.165, 1.54) is 16.4 Å². The molecular weight excluding hydrogens is 458 g/mol. The van der Waals surface area contributed by atoms with Crippen molar-refractivity contribution in [3.05, 3.63) is 36.1 Å². The third-order valence-electron chi connectivity index (χ3n) is 4.62. The molecule has 1 N–H and O–H groups in total. The summed E-state index contributed by atoms with van der Waals surface area (Å²) < 4.78 is 43.0. The van der Waals surface area contributed by atoms with Gasteiger partial charge in [-0.2, -0.15) is 4.31 Å². The summed E-state index contributed by atoms with van der Waals surface area (Å²) in [5, 5.41) is 14.0. The number of carbonyl (C=O) groups excluding carboxylic acids is 1. The minimum absolute atomic E-state index is 0.139. The molecule has 1 atom stereocenters. The van der Waals surface area contributed by atoms with E-state index in [0.717, 1.165) is 11.8 Å². The summed E-state index contributed by atoms with van der Waals surface area (Å²) in [7, 11) is -3.65. The van der Waals surface area contributed by atoms with Gasteiger partial charge in [-0.3, -0.25) is 4.79 Å². The molecule has 1 amide bonds. The highest BCUT2D eigenvalue weighted by atomic mass is 32.2. The molecule has 1 aliphatic heterocycles. The van der Waals surface area contributed by atoms with E-state index in [1.807, 2.05) is 0 Å². The van der Waals surface area contributed by atoms with E-state index in [1.54, 1.807) is 32.0 Å². The molecule has 1 fully saturated rings. The Morgan fingerprint density at radius 3 is 2.72 bits per heavy atom. The number of rotatable bonds is 7. The zero-order valence-corrected chi connectivity index (χ0v) is 19.0. The summed E-state index contributed by atoms with van der Waals surface area (Å²) >= 11 is 1.07. The molecule has 1 aromatic carbocycles. The SMILES string of the molecule is Cc1cc(NC(=O)[C@@H](C)Sc2nnc(-c3cccc(S(=O)(=O)N4CCOCC4)c3)o2)no1. The average molecular weight is 480 g/mol. The van der Waals surface area contributed by atoms with Crippen LogP contribution in [0.25, 0.3) is 11.5 Å². The Morgan fingerprint density at radius 1 is 1.22 bits per heavy atom. The zero-order valence-electron chi connectivity index (χ0n) is 17.3. The quantitative estimate of drug-likeness (QED) is 0.501. The van der Waals surface area contributed by atoms with Crippen molar-refractivity contribution in [1.29, 1.82) is 0 Å². The Hall–Kier alpha value is -2.74. The van der Waals surface area contributed by atoms with Gasteiger partial charge in [-0.05, 0) is 32.0 Å². The molecule has 4 rings (SSSR count). The number of hydrogen-bond donors (Lipinski definition) is 1. The van der Waals surface area contributed by atoms with Gasteiger partial charge in [0.2, 0.25) is 21.8 Å². The van der Waals surface area contributed by atoms with E-state index in [0.29, 0.717) is 43.4 Å². The van der Waals surface area contributed by atoms with Gasteiger partial charge in [-0.1, -0.05) is 23.0 Å². The van der Waals surface area contributed by atoms with Gasteiger partial charge in [0, 0.05) is 24.7 Å². The number of thioether (sulfide) groups is 1. The van der Waals surface area contributed by atoms with Crippen LogP contribution in [0.3, 0.4) is 0 Å². The molecule has 170 valence electrons. The van der Waals surface area contributed by atoms with Crippen molar-refractivity contribution < 1.29 is 26.9 Å². The van der Waals surface area contributed by atoms with Gasteiger partial charge in [-0.25, -0.2) is 8.42 Å². The Bertz CT molecular complexity index is 1200. The number of ether oxygens (including phenoxy) is 1. The van der Waals surface area contributed by atoms with Crippen molar-refractivity contribution in [3.8, 4) is 11.5 Å². The maximum atomic E-state index is 12.9. The molecular formula is C19H21N5O6S2. The minimum Gasteiger partial charge on any atom is -0.411 e. The number of aryl methyl sites for hydroxylation is 1. The number of sulfonamides is 1. The lowest BCUT2D eigenvalue weighted by molar-refractivity contribution is -0.115. The van der Waals surface area contributed by atoms with Crippen LogP contribution >= 0.6 is 11.8 Å². The molecule has 3 aromatic rings. The number of amides is 1. The molecule has 2 aromatic heterocycles. The summed E-state index contributed by atoms with van der Waals surface area (Å²) in [6.07, 6.45) is 0. The van der Waals surface area contributed by atoms with E-state index >= 15 is 0 Å². The number of anilines is 1. The minimum atomic E-state index is -3.65. The van der Waals surface area contributed by atoms with Crippen LogP contribution in [0.4, 0.5) is 5.82 Å². The van der Waals surface area contributed by atoms with Gasteiger partial charge in [0.15, 0.2) is 5.82 Å². The second kappa shape index (κ2) is 9.40. The molecule has 0 radical (unpaired) electrons. The average Bonchev–Trinajstić information content (AvgIpc) is 3.43. The fourth-order valence-corrected chi connectivity index (χ4v) is 5.10.